The molecule has 0 spiro atoms. The number of para-hydroxylation sites is 1. The summed E-state index contributed by atoms with van der Waals surface area (Å²) in [7, 11) is 1.99. The molecule has 0 atom stereocenters. The highest BCUT2D eigenvalue weighted by Crippen LogP contribution is 2.29. The normalized spacial score (nSPS) is 10.5. The molecule has 0 bridgehead atoms. The molecule has 0 aliphatic rings. The van der Waals surface area contributed by atoms with E-state index in [2.05, 4.69) is 72.6 Å². The summed E-state index contributed by atoms with van der Waals surface area (Å²) in [5.74, 6) is 0. The first-order valence-electron chi connectivity index (χ1n) is 6.83. The van der Waals surface area contributed by atoms with E-state index >= 15 is 0 Å². The van der Waals surface area contributed by atoms with Crippen LogP contribution in [0.2, 0.25) is 0 Å². The first-order valence-corrected chi connectivity index (χ1v) is 6.83. The van der Waals surface area contributed by atoms with Crippen molar-refractivity contribution in [2.24, 2.45) is 0 Å². The fourth-order valence-electron chi connectivity index (χ4n) is 2.41. The Hall–Kier alpha value is -1.80. The summed E-state index contributed by atoms with van der Waals surface area (Å²) in [6.07, 6.45) is 0. The van der Waals surface area contributed by atoms with E-state index in [0.29, 0.717) is 0 Å². The third kappa shape index (κ3) is 3.15. The largest absolute Gasteiger partial charge is 0.342 e. The van der Waals surface area contributed by atoms with Gasteiger partial charge in [-0.25, -0.2) is 0 Å². The quantitative estimate of drug-likeness (QED) is 0.871. The van der Waals surface area contributed by atoms with E-state index in [0.717, 1.165) is 13.1 Å². The van der Waals surface area contributed by atoms with Crippen molar-refractivity contribution in [1.82, 2.24) is 5.32 Å². The second-order valence-electron chi connectivity index (χ2n) is 4.74. The highest BCUT2D eigenvalue weighted by Gasteiger charge is 2.11. The van der Waals surface area contributed by atoms with Crippen LogP contribution in [0, 0.1) is 6.92 Å². The molecule has 19 heavy (non-hydrogen) atoms. The van der Waals surface area contributed by atoms with Crippen LogP contribution < -0.4 is 10.2 Å². The molecule has 0 heterocycles. The van der Waals surface area contributed by atoms with E-state index in [-0.39, 0.29) is 0 Å². The molecule has 0 fully saturated rings. The summed E-state index contributed by atoms with van der Waals surface area (Å²) in [4.78, 5) is 2.35. The van der Waals surface area contributed by atoms with Gasteiger partial charge in [0.2, 0.25) is 0 Å². The van der Waals surface area contributed by atoms with Gasteiger partial charge in [-0.2, -0.15) is 0 Å². The fraction of sp³-hybridized carbons (Fsp3) is 0.294. The molecule has 0 amide bonds. The number of nitrogens with zero attached hydrogens (tertiary/aromatic N) is 1. The maximum Gasteiger partial charge on any atom is 0.0456 e. The van der Waals surface area contributed by atoms with Gasteiger partial charge in [0.25, 0.3) is 0 Å². The maximum absolute atomic E-state index is 3.26. The van der Waals surface area contributed by atoms with Crippen molar-refractivity contribution < 1.29 is 0 Å². The number of hydrogen-bond donors (Lipinski definition) is 1. The van der Waals surface area contributed by atoms with Crippen LogP contribution in [0.3, 0.4) is 0 Å². The molecular weight excluding hydrogens is 232 g/mol. The van der Waals surface area contributed by atoms with E-state index in [4.69, 9.17) is 0 Å². The summed E-state index contributed by atoms with van der Waals surface area (Å²) in [6.45, 7) is 6.18. The number of anilines is 2. The van der Waals surface area contributed by atoms with E-state index in [1.165, 1.54) is 22.5 Å². The lowest BCUT2D eigenvalue weighted by molar-refractivity contribution is 0.812. The Balaban J connectivity index is 2.43. The van der Waals surface area contributed by atoms with Crippen LogP contribution in [0.25, 0.3) is 0 Å². The van der Waals surface area contributed by atoms with Crippen LogP contribution in [0.5, 0.6) is 0 Å². The zero-order chi connectivity index (χ0) is 13.7. The van der Waals surface area contributed by atoms with Crippen LogP contribution in [0.15, 0.2) is 48.5 Å². The minimum Gasteiger partial charge on any atom is -0.342 e. The van der Waals surface area contributed by atoms with E-state index in [1.807, 2.05) is 7.05 Å². The van der Waals surface area contributed by atoms with Gasteiger partial charge in [0, 0.05) is 24.5 Å². The molecule has 0 saturated carbocycles. The van der Waals surface area contributed by atoms with Gasteiger partial charge < -0.3 is 10.2 Å². The van der Waals surface area contributed by atoms with Gasteiger partial charge in [-0.15, -0.1) is 0 Å². The second kappa shape index (κ2) is 6.39. The topological polar surface area (TPSA) is 15.3 Å². The monoisotopic (exact) mass is 254 g/mol. The van der Waals surface area contributed by atoms with Crippen LogP contribution in [-0.4, -0.2) is 13.6 Å². The molecule has 2 nitrogen and oxygen atoms in total. The number of aryl methyl sites for hydroxylation is 1. The molecule has 2 heteroatoms. The van der Waals surface area contributed by atoms with Crippen molar-refractivity contribution in [1.29, 1.82) is 0 Å². The first kappa shape index (κ1) is 13.6. The van der Waals surface area contributed by atoms with Crippen molar-refractivity contribution in [2.45, 2.75) is 20.4 Å². The van der Waals surface area contributed by atoms with Crippen LogP contribution >= 0.6 is 0 Å². The summed E-state index contributed by atoms with van der Waals surface area (Å²) in [5.41, 5.74) is 5.17. The summed E-state index contributed by atoms with van der Waals surface area (Å²) >= 11 is 0. The minimum atomic E-state index is 0.889. The second-order valence-corrected chi connectivity index (χ2v) is 4.74. The lowest BCUT2D eigenvalue weighted by Gasteiger charge is -2.26. The molecule has 2 aromatic carbocycles. The summed E-state index contributed by atoms with van der Waals surface area (Å²) in [5, 5.41) is 3.26. The van der Waals surface area contributed by atoms with Crippen molar-refractivity contribution >= 4 is 11.4 Å². The van der Waals surface area contributed by atoms with Gasteiger partial charge >= 0.3 is 0 Å². The molecule has 0 aromatic heterocycles. The highest BCUT2D eigenvalue weighted by molar-refractivity contribution is 5.66. The Labute approximate surface area is 116 Å². The average Bonchev–Trinajstić information content (AvgIpc) is 2.43. The third-order valence-electron chi connectivity index (χ3n) is 3.28. The Morgan fingerprint density at radius 1 is 1.05 bits per heavy atom. The van der Waals surface area contributed by atoms with Gasteiger partial charge in [0.1, 0.15) is 0 Å². The fourth-order valence-corrected chi connectivity index (χ4v) is 2.41. The highest BCUT2D eigenvalue weighted by atomic mass is 15.1. The van der Waals surface area contributed by atoms with Crippen molar-refractivity contribution in [3.8, 4) is 0 Å². The van der Waals surface area contributed by atoms with Gasteiger partial charge in [0.05, 0.1) is 0 Å². The molecule has 0 aliphatic heterocycles. The lowest BCUT2D eigenvalue weighted by atomic mass is 10.1. The van der Waals surface area contributed by atoms with Gasteiger partial charge in [-0.05, 0) is 44.7 Å². The molecule has 100 valence electrons. The molecule has 1 N–H and O–H groups in total. The molecule has 2 rings (SSSR count). The Kier molecular flexibility index (Phi) is 4.58. The van der Waals surface area contributed by atoms with E-state index in [9.17, 15) is 0 Å². The van der Waals surface area contributed by atoms with Crippen molar-refractivity contribution in [3.63, 3.8) is 0 Å². The third-order valence-corrected chi connectivity index (χ3v) is 3.28. The van der Waals surface area contributed by atoms with Crippen LogP contribution in [0.4, 0.5) is 11.4 Å². The molecule has 2 aromatic rings. The number of benzene rings is 2. The molecule has 0 saturated heterocycles. The number of hydrogen-bond acceptors (Lipinski definition) is 2. The average molecular weight is 254 g/mol. The van der Waals surface area contributed by atoms with E-state index in [1.54, 1.807) is 0 Å². The Bertz CT molecular complexity index is 520. The summed E-state index contributed by atoms with van der Waals surface area (Å²) < 4.78 is 0. The summed E-state index contributed by atoms with van der Waals surface area (Å²) in [6, 6.07) is 17.2. The predicted molar refractivity (Wildman–Crippen MR) is 83.1 cm³/mol. The lowest BCUT2D eigenvalue weighted by Crippen LogP contribution is -2.19. The molecule has 0 unspecified atom stereocenters. The Morgan fingerprint density at radius 3 is 2.42 bits per heavy atom. The van der Waals surface area contributed by atoms with E-state index < -0.39 is 0 Å². The predicted octanol–water partition coefficient (Wildman–Crippen LogP) is 3.87. The van der Waals surface area contributed by atoms with Crippen LogP contribution in [-0.2, 0) is 6.54 Å². The maximum atomic E-state index is 3.26. The SMILES string of the molecule is CCN(c1ccccc1)c1ccc(C)cc1CNC. The standard InChI is InChI=1S/C17H22N2/c1-4-19(16-8-6-5-7-9-16)17-11-10-14(2)12-15(17)13-18-3/h5-12,18H,4,13H2,1-3H3. The molecular formula is C17H22N2. The minimum absolute atomic E-state index is 0.889. The van der Waals surface area contributed by atoms with Crippen LogP contribution in [0.1, 0.15) is 18.1 Å². The zero-order valence-electron chi connectivity index (χ0n) is 12.0. The smallest absolute Gasteiger partial charge is 0.0456 e. The van der Waals surface area contributed by atoms with Gasteiger partial charge in [-0.1, -0.05) is 35.9 Å². The molecule has 0 radical (unpaired) electrons. The number of rotatable bonds is 5. The number of nitrogens with one attached hydrogen (secondary N) is 1. The van der Waals surface area contributed by atoms with Gasteiger partial charge in [-0.3, -0.25) is 0 Å². The van der Waals surface area contributed by atoms with Crippen molar-refractivity contribution in [2.75, 3.05) is 18.5 Å². The van der Waals surface area contributed by atoms with Crippen molar-refractivity contribution in [3.05, 3.63) is 59.7 Å². The van der Waals surface area contributed by atoms with Gasteiger partial charge in [0.15, 0.2) is 0 Å². The first-order chi connectivity index (χ1) is 9.26. The molecule has 0 aliphatic carbocycles. The Morgan fingerprint density at radius 2 is 1.79 bits per heavy atom. The zero-order valence-corrected chi connectivity index (χ0v) is 12.0.